The maximum atomic E-state index is 12.6. The van der Waals surface area contributed by atoms with Crippen LogP contribution in [0, 0.1) is 5.92 Å². The molecule has 0 radical (unpaired) electrons. The van der Waals surface area contributed by atoms with E-state index in [2.05, 4.69) is 5.32 Å². The van der Waals surface area contributed by atoms with Crippen molar-refractivity contribution in [3.8, 4) is 0 Å². The first-order chi connectivity index (χ1) is 11.5. The maximum Gasteiger partial charge on any atom is 0.416 e. The van der Waals surface area contributed by atoms with Crippen LogP contribution in [-0.2, 0) is 6.18 Å². The molecule has 1 saturated heterocycles. The highest BCUT2D eigenvalue weighted by Crippen LogP contribution is 2.30. The molecule has 1 aliphatic rings. The summed E-state index contributed by atoms with van der Waals surface area (Å²) in [5.41, 5.74) is -0.906. The second-order valence-corrected chi connectivity index (χ2v) is 7.40. The molecule has 1 N–H and O–H groups in total. The number of hydrogen-bond donors (Lipinski definition) is 1. The van der Waals surface area contributed by atoms with E-state index in [1.54, 1.807) is 4.90 Å². The number of rotatable bonds is 2. The zero-order valence-electron chi connectivity index (χ0n) is 14.6. The Balaban J connectivity index is 2.05. The van der Waals surface area contributed by atoms with E-state index in [-0.39, 0.29) is 29.5 Å². The van der Waals surface area contributed by atoms with Crippen LogP contribution in [0.3, 0.4) is 0 Å². The molecule has 7 heteroatoms. The van der Waals surface area contributed by atoms with Gasteiger partial charge in [0.1, 0.15) is 0 Å². The summed E-state index contributed by atoms with van der Waals surface area (Å²) < 4.78 is 37.8. The Morgan fingerprint density at radius 1 is 1.12 bits per heavy atom. The molecule has 0 saturated carbocycles. The van der Waals surface area contributed by atoms with E-state index in [4.69, 9.17) is 0 Å². The minimum atomic E-state index is -4.42. The van der Waals surface area contributed by atoms with Crippen molar-refractivity contribution in [1.82, 2.24) is 10.2 Å². The van der Waals surface area contributed by atoms with Crippen molar-refractivity contribution in [3.63, 3.8) is 0 Å². The second-order valence-electron chi connectivity index (χ2n) is 7.40. The van der Waals surface area contributed by atoms with Gasteiger partial charge in [-0.3, -0.25) is 4.79 Å². The standard InChI is InChI=1S/C18H23F3N2O2/c1-17(2,3)22-16(25)23-10-4-5-13(11-23)15(24)12-6-8-14(9-7-12)18(19,20)21/h6-9,13H,4-5,10-11H2,1-3H3,(H,22,25)/t13-/m0/s1. The summed E-state index contributed by atoms with van der Waals surface area (Å²) in [6, 6.07) is 4.02. The molecule has 0 aliphatic carbocycles. The van der Waals surface area contributed by atoms with Gasteiger partial charge < -0.3 is 10.2 Å². The molecule has 1 atom stereocenters. The van der Waals surface area contributed by atoms with Crippen molar-refractivity contribution in [3.05, 3.63) is 35.4 Å². The first-order valence-electron chi connectivity index (χ1n) is 8.26. The lowest BCUT2D eigenvalue weighted by Gasteiger charge is -2.34. The third-order valence-electron chi connectivity index (χ3n) is 4.06. The summed E-state index contributed by atoms with van der Waals surface area (Å²) in [5, 5.41) is 2.86. The van der Waals surface area contributed by atoms with Gasteiger partial charge in [0, 0.05) is 30.1 Å². The van der Waals surface area contributed by atoms with E-state index in [0.717, 1.165) is 12.1 Å². The fourth-order valence-electron chi connectivity index (χ4n) is 2.83. The number of amides is 2. The number of halogens is 3. The fourth-order valence-corrected chi connectivity index (χ4v) is 2.83. The number of ketones is 1. The van der Waals surface area contributed by atoms with Crippen LogP contribution >= 0.6 is 0 Å². The number of nitrogens with zero attached hydrogens (tertiary/aromatic N) is 1. The van der Waals surface area contributed by atoms with Gasteiger partial charge >= 0.3 is 12.2 Å². The number of hydrogen-bond acceptors (Lipinski definition) is 2. The topological polar surface area (TPSA) is 49.4 Å². The number of urea groups is 1. The van der Waals surface area contributed by atoms with Gasteiger partial charge in [-0.05, 0) is 45.7 Å². The van der Waals surface area contributed by atoms with Gasteiger partial charge in [0.15, 0.2) is 5.78 Å². The molecular weight excluding hydrogens is 333 g/mol. The van der Waals surface area contributed by atoms with Crippen LogP contribution in [0.4, 0.5) is 18.0 Å². The van der Waals surface area contributed by atoms with E-state index < -0.39 is 17.7 Å². The molecule has 1 fully saturated rings. The molecule has 1 aromatic rings. The predicted molar refractivity (Wildman–Crippen MR) is 88.4 cm³/mol. The lowest BCUT2D eigenvalue weighted by Crippen LogP contribution is -2.52. The smallest absolute Gasteiger partial charge is 0.333 e. The summed E-state index contributed by atoms with van der Waals surface area (Å²) in [6.45, 7) is 6.47. The van der Waals surface area contributed by atoms with E-state index in [1.807, 2.05) is 20.8 Å². The van der Waals surface area contributed by atoms with Crippen LogP contribution in [0.1, 0.15) is 49.5 Å². The lowest BCUT2D eigenvalue weighted by molar-refractivity contribution is -0.137. The SMILES string of the molecule is CC(C)(C)NC(=O)N1CCC[C@H](C(=O)c2ccc(C(F)(F)F)cc2)C1. The first kappa shape index (κ1) is 19.3. The van der Waals surface area contributed by atoms with Crippen molar-refractivity contribution >= 4 is 11.8 Å². The molecule has 25 heavy (non-hydrogen) atoms. The van der Waals surface area contributed by atoms with Gasteiger partial charge in [-0.1, -0.05) is 12.1 Å². The highest BCUT2D eigenvalue weighted by atomic mass is 19.4. The molecule has 2 amide bonds. The number of Topliss-reactive ketones (excluding diaryl/α,β-unsaturated/α-hetero) is 1. The zero-order chi connectivity index (χ0) is 18.8. The van der Waals surface area contributed by atoms with Crippen LogP contribution < -0.4 is 5.32 Å². The Hall–Kier alpha value is -2.05. The number of carbonyl (C=O) groups is 2. The molecule has 0 aromatic heterocycles. The molecule has 0 unspecified atom stereocenters. The minimum Gasteiger partial charge on any atom is -0.333 e. The number of benzene rings is 1. The predicted octanol–water partition coefficient (Wildman–Crippen LogP) is 4.11. The molecule has 1 heterocycles. The monoisotopic (exact) mass is 356 g/mol. The normalized spacial score (nSPS) is 18.8. The fraction of sp³-hybridized carbons (Fsp3) is 0.556. The first-order valence-corrected chi connectivity index (χ1v) is 8.26. The average Bonchev–Trinajstić information content (AvgIpc) is 2.52. The van der Waals surface area contributed by atoms with Gasteiger partial charge in [-0.2, -0.15) is 13.2 Å². The number of alkyl halides is 3. The van der Waals surface area contributed by atoms with Crippen molar-refractivity contribution in [2.45, 2.75) is 45.3 Å². The average molecular weight is 356 g/mol. The number of carbonyl (C=O) groups excluding carboxylic acids is 2. The van der Waals surface area contributed by atoms with E-state index >= 15 is 0 Å². The second kappa shape index (κ2) is 7.06. The zero-order valence-corrected chi connectivity index (χ0v) is 14.6. The third kappa shape index (κ3) is 5.21. The van der Waals surface area contributed by atoms with E-state index in [0.29, 0.717) is 19.4 Å². The Morgan fingerprint density at radius 3 is 2.24 bits per heavy atom. The lowest BCUT2D eigenvalue weighted by atomic mass is 9.89. The third-order valence-corrected chi connectivity index (χ3v) is 4.06. The highest BCUT2D eigenvalue weighted by Gasteiger charge is 2.32. The van der Waals surface area contributed by atoms with Crippen molar-refractivity contribution < 1.29 is 22.8 Å². The minimum absolute atomic E-state index is 0.220. The van der Waals surface area contributed by atoms with Gasteiger partial charge in [-0.25, -0.2) is 4.79 Å². The summed E-state index contributed by atoms with van der Waals surface area (Å²) in [6.07, 6.45) is -3.11. The Kier molecular flexibility index (Phi) is 5.44. The highest BCUT2D eigenvalue weighted by molar-refractivity contribution is 5.98. The van der Waals surface area contributed by atoms with Gasteiger partial charge in [0.2, 0.25) is 0 Å². The molecule has 138 valence electrons. The van der Waals surface area contributed by atoms with Crippen LogP contribution in [0.2, 0.25) is 0 Å². The molecule has 2 rings (SSSR count). The Labute approximate surface area is 145 Å². The molecule has 1 aromatic carbocycles. The maximum absolute atomic E-state index is 12.6. The summed E-state index contributed by atoms with van der Waals surface area (Å²) in [4.78, 5) is 26.4. The van der Waals surface area contributed by atoms with Crippen LogP contribution in [-0.4, -0.2) is 35.3 Å². The Morgan fingerprint density at radius 2 is 1.72 bits per heavy atom. The van der Waals surface area contributed by atoms with Gasteiger partial charge in [-0.15, -0.1) is 0 Å². The van der Waals surface area contributed by atoms with Crippen molar-refractivity contribution in [1.29, 1.82) is 0 Å². The largest absolute Gasteiger partial charge is 0.416 e. The number of likely N-dealkylation sites (tertiary alicyclic amines) is 1. The van der Waals surface area contributed by atoms with Crippen molar-refractivity contribution in [2.24, 2.45) is 5.92 Å². The summed E-state index contributed by atoms with van der Waals surface area (Å²) in [5.74, 6) is -0.613. The number of piperidine rings is 1. The molecule has 0 spiro atoms. The number of nitrogens with one attached hydrogen (secondary N) is 1. The van der Waals surface area contributed by atoms with Crippen LogP contribution in [0.15, 0.2) is 24.3 Å². The summed E-state index contributed by atoms with van der Waals surface area (Å²) >= 11 is 0. The van der Waals surface area contributed by atoms with E-state index in [9.17, 15) is 22.8 Å². The quantitative estimate of drug-likeness (QED) is 0.811. The van der Waals surface area contributed by atoms with Gasteiger partial charge in [0.05, 0.1) is 5.56 Å². The molecule has 0 bridgehead atoms. The molecular formula is C18H23F3N2O2. The molecule has 4 nitrogen and oxygen atoms in total. The van der Waals surface area contributed by atoms with Crippen LogP contribution in [0.5, 0.6) is 0 Å². The van der Waals surface area contributed by atoms with Gasteiger partial charge in [0.25, 0.3) is 0 Å². The Bertz CT molecular complexity index is 633. The van der Waals surface area contributed by atoms with Crippen molar-refractivity contribution in [2.75, 3.05) is 13.1 Å². The summed E-state index contributed by atoms with van der Waals surface area (Å²) in [7, 11) is 0. The van der Waals surface area contributed by atoms with E-state index in [1.165, 1.54) is 12.1 Å². The van der Waals surface area contributed by atoms with Crippen LogP contribution in [0.25, 0.3) is 0 Å². The molecule has 1 aliphatic heterocycles.